The Morgan fingerprint density at radius 2 is 1.63 bits per heavy atom. The molecule has 9 nitrogen and oxygen atoms in total. The smallest absolute Gasteiger partial charge is 0.203 e. The highest BCUT2D eigenvalue weighted by Crippen LogP contribution is 2.38. The van der Waals surface area contributed by atoms with Crippen molar-refractivity contribution >= 4 is 11.5 Å². The molecular weight excluding hydrogens is 444 g/mol. The van der Waals surface area contributed by atoms with E-state index in [2.05, 4.69) is 27.5 Å². The van der Waals surface area contributed by atoms with Gasteiger partial charge in [0.1, 0.15) is 5.82 Å². The topological polar surface area (TPSA) is 87.7 Å². The molecule has 0 fully saturated rings. The summed E-state index contributed by atoms with van der Waals surface area (Å²) in [5, 5.41) is 12.6. The maximum absolute atomic E-state index is 5.45. The lowest BCUT2D eigenvalue weighted by Crippen LogP contribution is -2.05. The summed E-state index contributed by atoms with van der Waals surface area (Å²) >= 11 is 0. The highest BCUT2D eigenvalue weighted by molar-refractivity contribution is 5.62. The van der Waals surface area contributed by atoms with Gasteiger partial charge in [0.15, 0.2) is 17.1 Å². The lowest BCUT2D eigenvalue weighted by molar-refractivity contribution is 0.324. The predicted molar refractivity (Wildman–Crippen MR) is 133 cm³/mol. The molecule has 3 heterocycles. The minimum atomic E-state index is 0.522. The van der Waals surface area contributed by atoms with E-state index < -0.39 is 0 Å². The van der Waals surface area contributed by atoms with E-state index in [1.807, 2.05) is 70.3 Å². The Bertz CT molecular complexity index is 1420. The van der Waals surface area contributed by atoms with Crippen molar-refractivity contribution in [2.75, 3.05) is 26.6 Å². The van der Waals surface area contributed by atoms with Gasteiger partial charge < -0.3 is 19.5 Å². The van der Waals surface area contributed by atoms with Crippen LogP contribution in [0.4, 0.5) is 5.82 Å². The quantitative estimate of drug-likeness (QED) is 0.344. The first-order chi connectivity index (χ1) is 17.2. The second-order valence-corrected chi connectivity index (χ2v) is 7.93. The van der Waals surface area contributed by atoms with Gasteiger partial charge in [-0.05, 0) is 35.4 Å². The molecule has 9 heteroatoms. The van der Waals surface area contributed by atoms with E-state index in [1.54, 1.807) is 21.3 Å². The number of nitrogens with zero attached hydrogens (tertiary/aromatic N) is 5. The molecule has 1 N–H and O–H groups in total. The van der Waals surface area contributed by atoms with Gasteiger partial charge in [0.05, 0.1) is 46.0 Å². The lowest BCUT2D eigenvalue weighted by Gasteiger charge is -2.14. The highest BCUT2D eigenvalue weighted by atomic mass is 16.5. The summed E-state index contributed by atoms with van der Waals surface area (Å²) in [4.78, 5) is 4.50. The second-order valence-electron chi connectivity index (χ2n) is 7.93. The normalized spacial score (nSPS) is 10.9. The zero-order chi connectivity index (χ0) is 24.2. The molecule has 0 unspecified atom stereocenters. The first kappa shape index (κ1) is 22.3. The van der Waals surface area contributed by atoms with Crippen LogP contribution in [-0.4, -0.2) is 45.7 Å². The number of rotatable bonds is 9. The number of ether oxygens (including phenoxy) is 3. The molecule has 5 rings (SSSR count). The Balaban J connectivity index is 1.37. The van der Waals surface area contributed by atoms with Gasteiger partial charge in [0.25, 0.3) is 0 Å². The Morgan fingerprint density at radius 3 is 2.34 bits per heavy atom. The van der Waals surface area contributed by atoms with Crippen LogP contribution in [0.2, 0.25) is 0 Å². The minimum absolute atomic E-state index is 0.522. The van der Waals surface area contributed by atoms with Crippen LogP contribution in [0, 0.1) is 0 Å². The third-order valence-electron chi connectivity index (χ3n) is 5.68. The average Bonchev–Trinajstić information content (AvgIpc) is 3.53. The summed E-state index contributed by atoms with van der Waals surface area (Å²) in [6.45, 7) is 1.22. The molecule has 35 heavy (non-hydrogen) atoms. The number of fused-ring (bicyclic) bond motifs is 1. The monoisotopic (exact) mass is 470 g/mol. The molecule has 0 saturated carbocycles. The van der Waals surface area contributed by atoms with Crippen LogP contribution in [0.25, 0.3) is 16.9 Å². The van der Waals surface area contributed by atoms with Crippen molar-refractivity contribution in [2.24, 2.45) is 0 Å². The molecule has 0 radical (unpaired) electrons. The number of benzene rings is 2. The predicted octanol–water partition coefficient (Wildman–Crippen LogP) is 4.28. The van der Waals surface area contributed by atoms with Gasteiger partial charge >= 0.3 is 0 Å². The summed E-state index contributed by atoms with van der Waals surface area (Å²) in [6.07, 6.45) is 5.66. The Kier molecular flexibility index (Phi) is 6.21. The van der Waals surface area contributed by atoms with Crippen molar-refractivity contribution in [1.29, 1.82) is 0 Å². The van der Waals surface area contributed by atoms with Crippen LogP contribution in [-0.2, 0) is 13.1 Å². The number of hydrogen-bond acceptors (Lipinski definition) is 7. The molecular formula is C26H26N6O3. The number of anilines is 1. The van der Waals surface area contributed by atoms with Gasteiger partial charge in [0, 0.05) is 18.3 Å². The zero-order valence-corrected chi connectivity index (χ0v) is 19.8. The van der Waals surface area contributed by atoms with Gasteiger partial charge in [-0.3, -0.25) is 4.68 Å². The van der Waals surface area contributed by atoms with Gasteiger partial charge in [-0.1, -0.05) is 30.3 Å². The zero-order valence-electron chi connectivity index (χ0n) is 19.8. The molecule has 0 spiro atoms. The summed E-state index contributed by atoms with van der Waals surface area (Å²) < 4.78 is 20.0. The third-order valence-corrected chi connectivity index (χ3v) is 5.68. The molecule has 2 aromatic carbocycles. The largest absolute Gasteiger partial charge is 0.493 e. The molecule has 0 amide bonds. The molecule has 5 aromatic rings. The number of aromatic nitrogens is 5. The van der Waals surface area contributed by atoms with Crippen LogP contribution in [0.15, 0.2) is 73.2 Å². The standard InChI is InChI=1S/C26H26N6O3/c1-33-22-11-19(12-23(34-2)26(22)35-3)13-27-24-9-10-25-28-15-21(32(25)30-24)20-14-29-31(17-20)16-18-7-5-4-6-8-18/h4-12,14-15,17H,13,16H2,1-3H3,(H,27,30). The van der Waals surface area contributed by atoms with E-state index in [0.717, 1.165) is 22.5 Å². The summed E-state index contributed by atoms with van der Waals surface area (Å²) in [5.74, 6) is 2.49. The van der Waals surface area contributed by atoms with Crippen LogP contribution in [0.1, 0.15) is 11.1 Å². The number of imidazole rings is 1. The maximum Gasteiger partial charge on any atom is 0.203 e. The van der Waals surface area contributed by atoms with Crippen molar-refractivity contribution in [3.05, 3.63) is 84.3 Å². The van der Waals surface area contributed by atoms with Crippen molar-refractivity contribution in [2.45, 2.75) is 13.1 Å². The van der Waals surface area contributed by atoms with E-state index in [-0.39, 0.29) is 0 Å². The Labute approximate surface area is 202 Å². The maximum atomic E-state index is 5.45. The van der Waals surface area contributed by atoms with Crippen LogP contribution < -0.4 is 19.5 Å². The molecule has 0 bridgehead atoms. The van der Waals surface area contributed by atoms with Crippen LogP contribution >= 0.6 is 0 Å². The molecule has 0 atom stereocenters. The summed E-state index contributed by atoms with van der Waals surface area (Å²) in [5.41, 5.74) is 4.73. The van der Waals surface area contributed by atoms with E-state index in [9.17, 15) is 0 Å². The third kappa shape index (κ3) is 4.61. The molecule has 3 aromatic heterocycles. The Morgan fingerprint density at radius 1 is 0.857 bits per heavy atom. The van der Waals surface area contributed by atoms with Crippen LogP contribution in [0.5, 0.6) is 17.2 Å². The number of hydrogen-bond donors (Lipinski definition) is 1. The highest BCUT2D eigenvalue weighted by Gasteiger charge is 2.14. The van der Waals surface area contributed by atoms with Crippen molar-refractivity contribution < 1.29 is 14.2 Å². The van der Waals surface area contributed by atoms with Crippen molar-refractivity contribution in [3.63, 3.8) is 0 Å². The molecule has 0 aliphatic carbocycles. The molecule has 0 aliphatic heterocycles. The van der Waals surface area contributed by atoms with E-state index in [1.165, 1.54) is 5.56 Å². The van der Waals surface area contributed by atoms with Gasteiger partial charge in [-0.2, -0.15) is 5.10 Å². The Hall–Kier alpha value is -4.53. The summed E-state index contributed by atoms with van der Waals surface area (Å²) in [6, 6.07) is 17.9. The SMILES string of the molecule is COc1cc(CNc2ccc3ncc(-c4cnn(Cc5ccccc5)c4)n3n2)cc(OC)c1OC. The van der Waals surface area contributed by atoms with Gasteiger partial charge in [0.2, 0.25) is 5.75 Å². The number of methoxy groups -OCH3 is 3. The fraction of sp³-hybridized carbons (Fsp3) is 0.192. The van der Waals surface area contributed by atoms with Crippen molar-refractivity contribution in [1.82, 2.24) is 24.4 Å². The number of nitrogens with one attached hydrogen (secondary N) is 1. The van der Waals surface area contributed by atoms with Crippen molar-refractivity contribution in [3.8, 4) is 28.5 Å². The van der Waals surface area contributed by atoms with Gasteiger partial charge in [-0.25, -0.2) is 9.50 Å². The first-order valence-corrected chi connectivity index (χ1v) is 11.1. The van der Waals surface area contributed by atoms with E-state index >= 15 is 0 Å². The molecule has 178 valence electrons. The minimum Gasteiger partial charge on any atom is -0.493 e. The average molecular weight is 471 g/mol. The van der Waals surface area contributed by atoms with Crippen LogP contribution in [0.3, 0.4) is 0 Å². The van der Waals surface area contributed by atoms with Gasteiger partial charge in [-0.15, -0.1) is 5.10 Å². The lowest BCUT2D eigenvalue weighted by atomic mass is 10.1. The fourth-order valence-electron chi connectivity index (χ4n) is 3.95. The van der Waals surface area contributed by atoms with E-state index in [0.29, 0.717) is 36.2 Å². The summed E-state index contributed by atoms with van der Waals surface area (Å²) in [7, 11) is 4.80. The molecule has 0 saturated heterocycles. The second kappa shape index (κ2) is 9.76. The first-order valence-electron chi connectivity index (χ1n) is 11.1. The fourth-order valence-corrected chi connectivity index (χ4v) is 3.95. The molecule has 0 aliphatic rings. The van der Waals surface area contributed by atoms with E-state index in [4.69, 9.17) is 19.3 Å².